The molecule has 6 heteroatoms. The number of halogens is 1. The summed E-state index contributed by atoms with van der Waals surface area (Å²) in [6.45, 7) is 1.97. The van der Waals surface area contributed by atoms with Crippen molar-refractivity contribution < 1.29 is 9.66 Å². The zero-order valence-corrected chi connectivity index (χ0v) is 12.2. The molecule has 5 nitrogen and oxygen atoms in total. The Morgan fingerprint density at radius 3 is 2.52 bits per heavy atom. The van der Waals surface area contributed by atoms with Crippen molar-refractivity contribution in [3.63, 3.8) is 0 Å². The Balaban J connectivity index is 2.12. The minimum absolute atomic E-state index is 0.00778. The van der Waals surface area contributed by atoms with Crippen LogP contribution in [-0.4, -0.2) is 4.92 Å². The maximum Gasteiger partial charge on any atom is 0.276 e. The largest absolute Gasteiger partial charge is 0.489 e. The van der Waals surface area contributed by atoms with Gasteiger partial charge in [0.15, 0.2) is 0 Å². The molecule has 0 aliphatic heterocycles. The Morgan fingerprint density at radius 1 is 1.29 bits per heavy atom. The monoisotopic (exact) mass is 306 g/mol. The summed E-state index contributed by atoms with van der Waals surface area (Å²) < 4.78 is 5.57. The van der Waals surface area contributed by atoms with E-state index in [1.54, 1.807) is 12.1 Å². The molecule has 1 atom stereocenters. The first-order chi connectivity index (χ1) is 9.97. The molecule has 0 saturated heterocycles. The van der Waals surface area contributed by atoms with Crippen molar-refractivity contribution >= 4 is 17.3 Å². The first-order valence-electron chi connectivity index (χ1n) is 6.38. The van der Waals surface area contributed by atoms with E-state index < -0.39 is 4.92 Å². The Kier molecular flexibility index (Phi) is 4.77. The molecule has 0 spiro atoms. The quantitative estimate of drug-likeness (QED) is 0.672. The molecule has 0 aliphatic carbocycles. The number of hydrogen-bond donors (Lipinski definition) is 1. The topological polar surface area (TPSA) is 78.4 Å². The number of hydrogen-bond acceptors (Lipinski definition) is 4. The van der Waals surface area contributed by atoms with E-state index in [4.69, 9.17) is 22.1 Å². The van der Waals surface area contributed by atoms with E-state index >= 15 is 0 Å². The Labute approximate surface area is 127 Å². The van der Waals surface area contributed by atoms with Gasteiger partial charge in [0.25, 0.3) is 5.69 Å². The van der Waals surface area contributed by atoms with Crippen LogP contribution >= 0.6 is 11.6 Å². The number of benzene rings is 2. The summed E-state index contributed by atoms with van der Waals surface area (Å²) >= 11 is 5.87. The molecule has 0 aliphatic rings. The van der Waals surface area contributed by atoms with E-state index in [0.717, 1.165) is 5.56 Å². The van der Waals surface area contributed by atoms with E-state index in [0.29, 0.717) is 16.3 Å². The third kappa shape index (κ3) is 3.93. The SMILES string of the molecule is CC(N)c1ccc(OCc2cc(Cl)ccc2[N+](=O)[O-])cc1. The third-order valence-corrected chi connectivity index (χ3v) is 3.27. The number of nitrogens with zero attached hydrogens (tertiary/aromatic N) is 1. The predicted octanol–water partition coefficient (Wildman–Crippen LogP) is 3.85. The number of nitro groups is 1. The third-order valence-electron chi connectivity index (χ3n) is 3.04. The highest BCUT2D eigenvalue weighted by Crippen LogP contribution is 2.24. The molecule has 0 aromatic heterocycles. The van der Waals surface area contributed by atoms with E-state index in [-0.39, 0.29) is 18.3 Å². The average molecular weight is 307 g/mol. The van der Waals surface area contributed by atoms with Crippen molar-refractivity contribution in [2.75, 3.05) is 0 Å². The van der Waals surface area contributed by atoms with Gasteiger partial charge >= 0.3 is 0 Å². The van der Waals surface area contributed by atoms with Gasteiger partial charge in [0.05, 0.1) is 10.5 Å². The Bertz CT molecular complexity index is 642. The molecule has 0 saturated carbocycles. The lowest BCUT2D eigenvalue weighted by molar-refractivity contribution is -0.385. The van der Waals surface area contributed by atoms with Gasteiger partial charge in [0, 0.05) is 17.1 Å². The van der Waals surface area contributed by atoms with Crippen LogP contribution in [0.25, 0.3) is 0 Å². The van der Waals surface area contributed by atoms with E-state index in [1.165, 1.54) is 18.2 Å². The second kappa shape index (κ2) is 6.56. The van der Waals surface area contributed by atoms with Crippen LogP contribution in [0.3, 0.4) is 0 Å². The van der Waals surface area contributed by atoms with E-state index in [9.17, 15) is 10.1 Å². The molecule has 2 aromatic carbocycles. The summed E-state index contributed by atoms with van der Waals surface area (Å²) in [4.78, 5) is 10.5. The highest BCUT2D eigenvalue weighted by atomic mass is 35.5. The molecule has 0 bridgehead atoms. The molecule has 2 aromatic rings. The molecular weight excluding hydrogens is 292 g/mol. The molecule has 0 amide bonds. The van der Waals surface area contributed by atoms with Crippen molar-refractivity contribution in [1.29, 1.82) is 0 Å². The standard InChI is InChI=1S/C15H15ClN2O3/c1-10(17)11-2-5-14(6-3-11)21-9-12-8-13(16)4-7-15(12)18(19)20/h2-8,10H,9,17H2,1H3. The maximum absolute atomic E-state index is 11.0. The fraction of sp³-hybridized carbons (Fsp3) is 0.200. The average Bonchev–Trinajstić information content (AvgIpc) is 2.45. The number of nitrogens with two attached hydrogens (primary N) is 1. The van der Waals surface area contributed by atoms with Crippen LogP contribution < -0.4 is 10.5 Å². The van der Waals surface area contributed by atoms with Gasteiger partial charge in [-0.3, -0.25) is 10.1 Å². The fourth-order valence-electron chi connectivity index (χ4n) is 1.88. The number of nitro benzene ring substituents is 1. The summed E-state index contributed by atoms with van der Waals surface area (Å²) in [7, 11) is 0. The van der Waals surface area contributed by atoms with Crippen LogP contribution in [0.1, 0.15) is 24.1 Å². The first-order valence-corrected chi connectivity index (χ1v) is 6.76. The van der Waals surface area contributed by atoms with Gasteiger partial charge in [-0.15, -0.1) is 0 Å². The summed E-state index contributed by atoms with van der Waals surface area (Å²) in [5.74, 6) is 0.619. The van der Waals surface area contributed by atoms with E-state index in [1.807, 2.05) is 19.1 Å². The molecule has 0 radical (unpaired) electrons. The second-order valence-corrected chi connectivity index (χ2v) is 5.11. The summed E-state index contributed by atoms with van der Waals surface area (Å²) in [5, 5.41) is 11.4. The van der Waals surface area contributed by atoms with Gasteiger partial charge in [0.1, 0.15) is 12.4 Å². The van der Waals surface area contributed by atoms with Crippen LogP contribution in [0.5, 0.6) is 5.75 Å². The summed E-state index contributed by atoms with van der Waals surface area (Å²) in [5.41, 5.74) is 7.19. The maximum atomic E-state index is 11.0. The molecular formula is C15H15ClN2O3. The Morgan fingerprint density at radius 2 is 1.95 bits per heavy atom. The minimum atomic E-state index is -0.450. The molecule has 2 rings (SSSR count). The minimum Gasteiger partial charge on any atom is -0.489 e. The Hall–Kier alpha value is -2.11. The molecule has 110 valence electrons. The smallest absolute Gasteiger partial charge is 0.276 e. The molecule has 2 N–H and O–H groups in total. The van der Waals surface area contributed by atoms with Gasteiger partial charge in [-0.25, -0.2) is 0 Å². The highest BCUT2D eigenvalue weighted by Gasteiger charge is 2.14. The summed E-state index contributed by atoms with van der Waals surface area (Å²) in [6, 6.07) is 11.7. The molecule has 1 unspecified atom stereocenters. The van der Waals surface area contributed by atoms with Crippen molar-refractivity contribution in [2.45, 2.75) is 19.6 Å². The van der Waals surface area contributed by atoms with Gasteiger partial charge in [-0.05, 0) is 36.8 Å². The van der Waals surface area contributed by atoms with Gasteiger partial charge in [-0.1, -0.05) is 23.7 Å². The molecule has 21 heavy (non-hydrogen) atoms. The van der Waals surface area contributed by atoms with Crippen molar-refractivity contribution in [3.05, 3.63) is 68.7 Å². The normalized spacial score (nSPS) is 12.0. The van der Waals surface area contributed by atoms with Crippen molar-refractivity contribution in [2.24, 2.45) is 5.73 Å². The first kappa shape index (κ1) is 15.3. The van der Waals surface area contributed by atoms with Crippen LogP contribution in [0.15, 0.2) is 42.5 Å². The zero-order valence-electron chi connectivity index (χ0n) is 11.5. The predicted molar refractivity (Wildman–Crippen MR) is 81.5 cm³/mol. The summed E-state index contributed by atoms with van der Waals surface area (Å²) in [6.07, 6.45) is 0. The van der Waals surface area contributed by atoms with E-state index in [2.05, 4.69) is 0 Å². The zero-order chi connectivity index (χ0) is 15.4. The molecule has 0 fully saturated rings. The van der Waals surface area contributed by atoms with Crippen molar-refractivity contribution in [3.8, 4) is 5.75 Å². The lowest BCUT2D eigenvalue weighted by atomic mass is 10.1. The number of rotatable bonds is 5. The van der Waals surface area contributed by atoms with Gasteiger partial charge in [0.2, 0.25) is 0 Å². The fourth-order valence-corrected chi connectivity index (χ4v) is 2.07. The van der Waals surface area contributed by atoms with Crippen LogP contribution in [0.2, 0.25) is 5.02 Å². The van der Waals surface area contributed by atoms with Gasteiger partial charge < -0.3 is 10.5 Å². The lowest BCUT2D eigenvalue weighted by Crippen LogP contribution is -2.05. The lowest BCUT2D eigenvalue weighted by Gasteiger charge is -2.09. The van der Waals surface area contributed by atoms with Crippen molar-refractivity contribution in [1.82, 2.24) is 0 Å². The van der Waals surface area contributed by atoms with Crippen LogP contribution in [0, 0.1) is 10.1 Å². The van der Waals surface area contributed by atoms with Crippen LogP contribution in [0.4, 0.5) is 5.69 Å². The second-order valence-electron chi connectivity index (χ2n) is 4.68. The molecule has 0 heterocycles. The van der Waals surface area contributed by atoms with Gasteiger partial charge in [-0.2, -0.15) is 0 Å². The number of ether oxygens (including phenoxy) is 1. The van der Waals surface area contributed by atoms with Crippen LogP contribution in [-0.2, 0) is 6.61 Å². The highest BCUT2D eigenvalue weighted by molar-refractivity contribution is 6.30.